The Hall–Kier alpha value is -1.39. The van der Waals surface area contributed by atoms with E-state index in [0.29, 0.717) is 12.0 Å². The molecule has 0 aliphatic carbocycles. The molecule has 2 rings (SSSR count). The van der Waals surface area contributed by atoms with Crippen LogP contribution in [-0.4, -0.2) is 22.3 Å². The Balaban J connectivity index is 2.49. The van der Waals surface area contributed by atoms with E-state index in [1.807, 2.05) is 12.1 Å². The van der Waals surface area contributed by atoms with Crippen LogP contribution in [0.4, 0.5) is 0 Å². The van der Waals surface area contributed by atoms with Crippen molar-refractivity contribution in [3.63, 3.8) is 0 Å². The van der Waals surface area contributed by atoms with Gasteiger partial charge in [0.2, 0.25) is 0 Å². The highest BCUT2D eigenvalue weighted by Gasteiger charge is 2.28. The lowest BCUT2D eigenvalue weighted by Gasteiger charge is -2.29. The van der Waals surface area contributed by atoms with Crippen molar-refractivity contribution in [2.45, 2.75) is 12.6 Å². The molecule has 1 aliphatic rings. The van der Waals surface area contributed by atoms with Crippen molar-refractivity contribution in [3.8, 4) is 0 Å². The molecular weight excluding hydrogens is 168 g/mol. The van der Waals surface area contributed by atoms with Crippen LogP contribution < -0.4 is 5.84 Å². The van der Waals surface area contributed by atoms with Crippen molar-refractivity contribution in [1.82, 2.24) is 5.01 Å². The molecule has 1 unspecified atom stereocenters. The lowest BCUT2D eigenvalue weighted by Crippen LogP contribution is -2.49. The fraction of sp³-hybridized carbons (Fsp3) is 0.222. The SMILES string of the molecule is NN1C(=O)c2ccccc2CC1O. The second kappa shape index (κ2) is 2.83. The molecule has 1 heterocycles. The van der Waals surface area contributed by atoms with E-state index in [9.17, 15) is 9.90 Å². The second-order valence-corrected chi connectivity index (χ2v) is 3.05. The van der Waals surface area contributed by atoms with Gasteiger partial charge in [-0.05, 0) is 11.6 Å². The number of carbonyl (C=O) groups excluding carboxylic acids is 1. The van der Waals surface area contributed by atoms with Crippen LogP contribution in [0.3, 0.4) is 0 Å². The third-order valence-electron chi connectivity index (χ3n) is 2.21. The fourth-order valence-corrected chi connectivity index (χ4v) is 1.48. The number of hydrogen-bond acceptors (Lipinski definition) is 3. The van der Waals surface area contributed by atoms with Crippen LogP contribution >= 0.6 is 0 Å². The number of nitrogens with two attached hydrogens (primary N) is 1. The van der Waals surface area contributed by atoms with Crippen molar-refractivity contribution in [3.05, 3.63) is 35.4 Å². The molecular formula is C9H10N2O2. The summed E-state index contributed by atoms with van der Waals surface area (Å²) in [6.45, 7) is 0. The quantitative estimate of drug-likeness (QED) is 0.430. The third-order valence-corrected chi connectivity index (χ3v) is 2.21. The van der Waals surface area contributed by atoms with Gasteiger partial charge in [-0.15, -0.1) is 0 Å². The van der Waals surface area contributed by atoms with Crippen molar-refractivity contribution < 1.29 is 9.90 Å². The maximum Gasteiger partial charge on any atom is 0.270 e. The van der Waals surface area contributed by atoms with E-state index in [4.69, 9.17) is 5.84 Å². The molecule has 0 aromatic heterocycles. The number of hydrazine groups is 1. The van der Waals surface area contributed by atoms with Gasteiger partial charge in [0.25, 0.3) is 5.91 Å². The monoisotopic (exact) mass is 178 g/mol. The lowest BCUT2D eigenvalue weighted by atomic mass is 9.99. The predicted molar refractivity (Wildman–Crippen MR) is 46.5 cm³/mol. The molecule has 0 fully saturated rings. The van der Waals surface area contributed by atoms with Crippen LogP contribution in [0.15, 0.2) is 24.3 Å². The number of amides is 1. The van der Waals surface area contributed by atoms with E-state index in [-0.39, 0.29) is 5.91 Å². The highest BCUT2D eigenvalue weighted by Crippen LogP contribution is 2.19. The van der Waals surface area contributed by atoms with Gasteiger partial charge in [-0.2, -0.15) is 0 Å². The number of aliphatic hydroxyl groups excluding tert-OH is 1. The average molecular weight is 178 g/mol. The third kappa shape index (κ3) is 1.20. The molecule has 1 aliphatic heterocycles. The zero-order valence-corrected chi connectivity index (χ0v) is 6.97. The Kier molecular flexibility index (Phi) is 1.79. The molecule has 0 radical (unpaired) electrons. The molecule has 1 aromatic rings. The molecule has 1 aromatic carbocycles. The summed E-state index contributed by atoms with van der Waals surface area (Å²) in [5.74, 6) is 5.05. The van der Waals surface area contributed by atoms with E-state index in [1.165, 1.54) is 0 Å². The Labute approximate surface area is 75.5 Å². The molecule has 1 atom stereocenters. The number of aliphatic hydroxyl groups is 1. The standard InChI is InChI=1S/C9H10N2O2/c10-11-8(12)5-6-3-1-2-4-7(6)9(11)13/h1-4,8,12H,5,10H2. The first-order valence-electron chi connectivity index (χ1n) is 4.04. The summed E-state index contributed by atoms with van der Waals surface area (Å²) in [6, 6.07) is 7.15. The minimum Gasteiger partial charge on any atom is -0.372 e. The summed E-state index contributed by atoms with van der Waals surface area (Å²) in [4.78, 5) is 11.5. The number of fused-ring (bicyclic) bond motifs is 1. The number of carbonyl (C=O) groups is 1. The van der Waals surface area contributed by atoms with Crippen LogP contribution in [-0.2, 0) is 6.42 Å². The molecule has 0 bridgehead atoms. The smallest absolute Gasteiger partial charge is 0.270 e. The Morgan fingerprint density at radius 1 is 1.46 bits per heavy atom. The van der Waals surface area contributed by atoms with E-state index in [2.05, 4.69) is 0 Å². The Bertz CT molecular complexity index is 351. The van der Waals surface area contributed by atoms with Crippen molar-refractivity contribution in [1.29, 1.82) is 0 Å². The molecule has 68 valence electrons. The lowest BCUT2D eigenvalue weighted by molar-refractivity contribution is 0.00238. The normalized spacial score (nSPS) is 21.5. The summed E-state index contributed by atoms with van der Waals surface area (Å²) >= 11 is 0. The predicted octanol–water partition coefficient (Wildman–Crippen LogP) is -0.123. The van der Waals surface area contributed by atoms with E-state index >= 15 is 0 Å². The molecule has 0 spiro atoms. The van der Waals surface area contributed by atoms with Gasteiger partial charge in [-0.25, -0.2) is 10.9 Å². The van der Waals surface area contributed by atoms with Crippen molar-refractivity contribution in [2.75, 3.05) is 0 Å². The Morgan fingerprint density at radius 3 is 2.92 bits per heavy atom. The van der Waals surface area contributed by atoms with Gasteiger partial charge in [0.15, 0.2) is 0 Å². The average Bonchev–Trinajstić information content (AvgIpc) is 2.15. The van der Waals surface area contributed by atoms with Gasteiger partial charge >= 0.3 is 0 Å². The first-order valence-corrected chi connectivity index (χ1v) is 4.04. The van der Waals surface area contributed by atoms with Crippen molar-refractivity contribution >= 4 is 5.91 Å². The minimum atomic E-state index is -0.901. The molecule has 4 heteroatoms. The number of benzene rings is 1. The maximum atomic E-state index is 11.5. The summed E-state index contributed by atoms with van der Waals surface area (Å²) in [5.41, 5.74) is 1.43. The van der Waals surface area contributed by atoms with Crippen LogP contribution in [0.5, 0.6) is 0 Å². The molecule has 4 nitrogen and oxygen atoms in total. The van der Waals surface area contributed by atoms with Crippen LogP contribution in [0.2, 0.25) is 0 Å². The van der Waals surface area contributed by atoms with Gasteiger partial charge in [0.1, 0.15) is 6.23 Å². The number of nitrogens with zero attached hydrogens (tertiary/aromatic N) is 1. The molecule has 0 saturated carbocycles. The first-order chi connectivity index (χ1) is 6.20. The van der Waals surface area contributed by atoms with Crippen LogP contribution in [0, 0.1) is 0 Å². The largest absolute Gasteiger partial charge is 0.372 e. The summed E-state index contributed by atoms with van der Waals surface area (Å²) in [5, 5.41) is 10.2. The molecule has 3 N–H and O–H groups in total. The zero-order chi connectivity index (χ0) is 9.42. The zero-order valence-electron chi connectivity index (χ0n) is 6.97. The van der Waals surface area contributed by atoms with E-state index in [1.54, 1.807) is 12.1 Å². The maximum absolute atomic E-state index is 11.5. The van der Waals surface area contributed by atoms with Crippen LogP contribution in [0.25, 0.3) is 0 Å². The van der Waals surface area contributed by atoms with Gasteiger partial charge < -0.3 is 5.11 Å². The van der Waals surface area contributed by atoms with Crippen LogP contribution in [0.1, 0.15) is 15.9 Å². The van der Waals surface area contributed by atoms with Gasteiger partial charge in [0.05, 0.1) is 0 Å². The van der Waals surface area contributed by atoms with E-state index in [0.717, 1.165) is 10.6 Å². The van der Waals surface area contributed by atoms with Gasteiger partial charge in [-0.3, -0.25) is 4.79 Å². The highest BCUT2D eigenvalue weighted by atomic mass is 16.3. The summed E-state index contributed by atoms with van der Waals surface area (Å²) in [6.07, 6.45) is -0.499. The fourth-order valence-electron chi connectivity index (χ4n) is 1.48. The minimum absolute atomic E-state index is 0.325. The summed E-state index contributed by atoms with van der Waals surface area (Å²) < 4.78 is 0. The number of hydrogen-bond donors (Lipinski definition) is 2. The van der Waals surface area contributed by atoms with Crippen molar-refractivity contribution in [2.24, 2.45) is 5.84 Å². The van der Waals surface area contributed by atoms with E-state index < -0.39 is 6.23 Å². The first kappa shape index (κ1) is 8.22. The summed E-state index contributed by atoms with van der Waals surface area (Å²) in [7, 11) is 0. The molecule has 0 saturated heterocycles. The van der Waals surface area contributed by atoms with Gasteiger partial charge in [0, 0.05) is 12.0 Å². The molecule has 1 amide bonds. The molecule has 13 heavy (non-hydrogen) atoms. The topological polar surface area (TPSA) is 66.6 Å². The van der Waals surface area contributed by atoms with Gasteiger partial charge in [-0.1, -0.05) is 18.2 Å². The number of rotatable bonds is 0. The Morgan fingerprint density at radius 2 is 2.15 bits per heavy atom. The highest BCUT2D eigenvalue weighted by molar-refractivity contribution is 5.96. The second-order valence-electron chi connectivity index (χ2n) is 3.05.